The molecule has 8 heteroatoms. The average molecular weight is 301 g/mol. The first-order chi connectivity index (χ1) is 8.90. The lowest BCUT2D eigenvalue weighted by Crippen LogP contribution is -2.24. The van der Waals surface area contributed by atoms with Crippen molar-refractivity contribution < 1.29 is 12.8 Å². The van der Waals surface area contributed by atoms with Gasteiger partial charge in [-0.2, -0.15) is 0 Å². The first-order valence-corrected chi connectivity index (χ1v) is 7.69. The van der Waals surface area contributed by atoms with Gasteiger partial charge in [0.05, 0.1) is 5.51 Å². The number of aryl methyl sites for hydroxylation is 1. The molecule has 0 atom stereocenters. The Hall–Kier alpha value is -1.51. The minimum atomic E-state index is -3.93. The summed E-state index contributed by atoms with van der Waals surface area (Å²) >= 11 is 1.31. The Morgan fingerprint density at radius 1 is 1.47 bits per heavy atom. The topological polar surface area (TPSA) is 85.1 Å². The number of nitrogen functional groups attached to an aromatic ring is 1. The molecule has 0 spiro atoms. The molecule has 5 nitrogen and oxygen atoms in total. The second-order valence-corrected chi connectivity index (χ2v) is 6.64. The highest BCUT2D eigenvalue weighted by molar-refractivity contribution is 7.89. The van der Waals surface area contributed by atoms with E-state index >= 15 is 0 Å². The van der Waals surface area contributed by atoms with Gasteiger partial charge in [-0.15, -0.1) is 11.3 Å². The Morgan fingerprint density at radius 2 is 2.21 bits per heavy atom. The molecule has 1 heterocycles. The third-order valence-corrected chi connectivity index (χ3v) is 4.73. The van der Waals surface area contributed by atoms with E-state index in [9.17, 15) is 12.8 Å². The molecular weight excluding hydrogens is 289 g/mol. The average Bonchev–Trinajstić information content (AvgIpc) is 2.84. The summed E-state index contributed by atoms with van der Waals surface area (Å²) in [5, 5.41) is 0. The molecule has 2 rings (SSSR count). The molecule has 0 amide bonds. The largest absolute Gasteiger partial charge is 0.398 e. The fraction of sp³-hybridized carbons (Fsp3) is 0.182. The first-order valence-electron chi connectivity index (χ1n) is 5.33. The minimum absolute atomic E-state index is 0.0697. The highest BCUT2D eigenvalue weighted by Gasteiger charge is 2.20. The highest BCUT2D eigenvalue weighted by atomic mass is 32.2. The number of halogens is 1. The third kappa shape index (κ3) is 3.09. The van der Waals surface area contributed by atoms with Crippen LogP contribution in [0.5, 0.6) is 0 Å². The monoisotopic (exact) mass is 301 g/mol. The highest BCUT2D eigenvalue weighted by Crippen LogP contribution is 2.21. The van der Waals surface area contributed by atoms with Gasteiger partial charge in [0.1, 0.15) is 10.7 Å². The molecule has 0 unspecified atom stereocenters. The van der Waals surface area contributed by atoms with Gasteiger partial charge in [-0.3, -0.25) is 4.98 Å². The second kappa shape index (κ2) is 5.24. The van der Waals surface area contributed by atoms with E-state index < -0.39 is 20.7 Å². The van der Waals surface area contributed by atoms with Crippen molar-refractivity contribution in [1.82, 2.24) is 9.71 Å². The van der Waals surface area contributed by atoms with E-state index in [1.54, 1.807) is 18.6 Å². The van der Waals surface area contributed by atoms with Crippen LogP contribution in [0.3, 0.4) is 0 Å². The molecule has 0 saturated heterocycles. The number of rotatable bonds is 4. The normalized spacial score (nSPS) is 11.7. The number of aromatic nitrogens is 1. The summed E-state index contributed by atoms with van der Waals surface area (Å²) in [4.78, 5) is 4.12. The summed E-state index contributed by atoms with van der Waals surface area (Å²) in [5.74, 6) is -0.816. The van der Waals surface area contributed by atoms with Gasteiger partial charge in [0.15, 0.2) is 0 Å². The lowest BCUT2D eigenvalue weighted by atomic mass is 10.2. The van der Waals surface area contributed by atoms with Gasteiger partial charge < -0.3 is 5.73 Å². The predicted molar refractivity (Wildman–Crippen MR) is 71.7 cm³/mol. The lowest BCUT2D eigenvalue weighted by Gasteiger charge is -2.09. The Kier molecular flexibility index (Phi) is 3.83. The van der Waals surface area contributed by atoms with Crippen molar-refractivity contribution in [1.29, 1.82) is 0 Å². The Bertz CT molecular complexity index is 684. The molecule has 102 valence electrons. The molecule has 0 aliphatic carbocycles. The van der Waals surface area contributed by atoms with Gasteiger partial charge >= 0.3 is 0 Å². The maximum Gasteiger partial charge on any atom is 0.243 e. The van der Waals surface area contributed by atoms with Crippen LogP contribution in [0.25, 0.3) is 0 Å². The molecule has 0 aliphatic rings. The number of nitrogens with two attached hydrogens (primary N) is 1. The predicted octanol–water partition coefficient (Wildman–Crippen LogP) is 1.65. The number of thiazole rings is 1. The standard InChI is InChI=1S/C11H12FN3O2S2/c1-7-2-9(12)11(3-10(7)13)19(16,17)15-5-8-4-14-6-18-8/h2-4,6,15H,5,13H2,1H3. The number of nitrogens with one attached hydrogen (secondary N) is 1. The quantitative estimate of drug-likeness (QED) is 0.841. The van der Waals surface area contributed by atoms with E-state index in [0.29, 0.717) is 5.56 Å². The second-order valence-electron chi connectivity index (χ2n) is 3.93. The van der Waals surface area contributed by atoms with Crippen LogP contribution in [0.15, 0.2) is 28.7 Å². The van der Waals surface area contributed by atoms with Crippen LogP contribution < -0.4 is 10.5 Å². The summed E-state index contributed by atoms with van der Waals surface area (Å²) in [5.41, 5.74) is 7.94. The summed E-state index contributed by atoms with van der Waals surface area (Å²) < 4.78 is 40.0. The molecule has 3 N–H and O–H groups in total. The van der Waals surface area contributed by atoms with Gasteiger partial charge in [-0.1, -0.05) is 0 Å². The molecule has 0 radical (unpaired) electrons. The van der Waals surface area contributed by atoms with Crippen LogP contribution in [0.4, 0.5) is 10.1 Å². The SMILES string of the molecule is Cc1cc(F)c(S(=O)(=O)NCc2cncs2)cc1N. The van der Waals surface area contributed by atoms with Crippen LogP contribution in [-0.4, -0.2) is 13.4 Å². The van der Waals surface area contributed by atoms with E-state index in [0.717, 1.165) is 17.0 Å². The summed E-state index contributed by atoms with van der Waals surface area (Å²) in [7, 11) is -3.93. The van der Waals surface area contributed by atoms with Gasteiger partial charge in [0.2, 0.25) is 10.0 Å². The van der Waals surface area contributed by atoms with Crippen LogP contribution >= 0.6 is 11.3 Å². The van der Waals surface area contributed by atoms with Gasteiger partial charge in [0.25, 0.3) is 0 Å². The fourth-order valence-corrected chi connectivity index (χ4v) is 3.17. The zero-order valence-electron chi connectivity index (χ0n) is 10.1. The molecule has 1 aromatic heterocycles. The van der Waals surface area contributed by atoms with E-state index in [1.165, 1.54) is 11.3 Å². The summed E-state index contributed by atoms with van der Waals surface area (Å²) in [6.07, 6.45) is 1.55. The lowest BCUT2D eigenvalue weighted by molar-refractivity contribution is 0.557. The van der Waals surface area contributed by atoms with Gasteiger partial charge in [-0.05, 0) is 24.6 Å². The van der Waals surface area contributed by atoms with Crippen molar-refractivity contribution in [2.24, 2.45) is 0 Å². The molecule has 0 aliphatic heterocycles. The number of anilines is 1. The Labute approximate surface area is 114 Å². The van der Waals surface area contributed by atoms with Crippen molar-refractivity contribution in [3.05, 3.63) is 40.1 Å². The van der Waals surface area contributed by atoms with Crippen molar-refractivity contribution in [2.45, 2.75) is 18.4 Å². The maximum absolute atomic E-state index is 13.7. The van der Waals surface area contributed by atoms with Crippen molar-refractivity contribution in [3.63, 3.8) is 0 Å². The molecule has 0 fully saturated rings. The Morgan fingerprint density at radius 3 is 2.84 bits per heavy atom. The van der Waals surface area contributed by atoms with Crippen LogP contribution in [-0.2, 0) is 16.6 Å². The molecular formula is C11H12FN3O2S2. The summed E-state index contributed by atoms with van der Waals surface area (Å²) in [6.45, 7) is 1.68. The van der Waals surface area contributed by atoms with E-state index in [4.69, 9.17) is 5.73 Å². The Balaban J connectivity index is 2.27. The molecule has 2 aromatic rings. The van der Waals surface area contributed by atoms with Crippen molar-refractivity contribution in [3.8, 4) is 0 Å². The van der Waals surface area contributed by atoms with Gasteiger partial charge in [0, 0.05) is 23.3 Å². The van der Waals surface area contributed by atoms with Gasteiger partial charge in [-0.25, -0.2) is 17.5 Å². The van der Waals surface area contributed by atoms with Crippen molar-refractivity contribution in [2.75, 3.05) is 5.73 Å². The first kappa shape index (κ1) is 13.9. The molecule has 19 heavy (non-hydrogen) atoms. The number of hydrogen-bond donors (Lipinski definition) is 2. The zero-order valence-corrected chi connectivity index (χ0v) is 11.7. The molecule has 1 aromatic carbocycles. The van der Waals surface area contributed by atoms with Crippen molar-refractivity contribution >= 4 is 27.0 Å². The zero-order chi connectivity index (χ0) is 14.0. The van der Waals surface area contributed by atoms with Crippen LogP contribution in [0.2, 0.25) is 0 Å². The molecule has 0 saturated carbocycles. The summed E-state index contributed by atoms with van der Waals surface area (Å²) in [6, 6.07) is 2.23. The van der Waals surface area contributed by atoms with E-state index in [2.05, 4.69) is 9.71 Å². The number of benzene rings is 1. The van der Waals surface area contributed by atoms with E-state index in [-0.39, 0.29) is 12.2 Å². The smallest absolute Gasteiger partial charge is 0.243 e. The number of sulfonamides is 1. The number of hydrogen-bond acceptors (Lipinski definition) is 5. The van der Waals surface area contributed by atoms with Crippen LogP contribution in [0, 0.1) is 12.7 Å². The third-order valence-electron chi connectivity index (χ3n) is 2.53. The minimum Gasteiger partial charge on any atom is -0.398 e. The maximum atomic E-state index is 13.7. The van der Waals surface area contributed by atoms with Crippen LogP contribution in [0.1, 0.15) is 10.4 Å². The van der Waals surface area contributed by atoms with E-state index in [1.807, 2.05) is 0 Å². The number of nitrogens with zero attached hydrogens (tertiary/aromatic N) is 1. The molecule has 0 bridgehead atoms. The fourth-order valence-electron chi connectivity index (χ4n) is 1.45.